The molecule has 0 saturated heterocycles. The molecule has 0 unspecified atom stereocenters. The summed E-state index contributed by atoms with van der Waals surface area (Å²) in [5.41, 5.74) is -0.418. The molecule has 0 aromatic carbocycles. The monoisotopic (exact) mass is 514 g/mol. The molecular formula is C21H21ClF2N4O5S. The van der Waals surface area contributed by atoms with Gasteiger partial charge in [0.05, 0.1) is 18.3 Å². The van der Waals surface area contributed by atoms with Gasteiger partial charge in [-0.05, 0) is 57.8 Å². The number of thiophene rings is 1. The summed E-state index contributed by atoms with van der Waals surface area (Å²) >= 11 is 6.02. The van der Waals surface area contributed by atoms with Crippen LogP contribution in [0.15, 0.2) is 12.1 Å². The molecule has 0 radical (unpaired) electrons. The van der Waals surface area contributed by atoms with Gasteiger partial charge in [-0.1, -0.05) is 0 Å². The Hall–Kier alpha value is -3.12. The van der Waals surface area contributed by atoms with Crippen molar-refractivity contribution in [2.75, 3.05) is 11.9 Å². The Morgan fingerprint density at radius 2 is 1.91 bits per heavy atom. The van der Waals surface area contributed by atoms with E-state index in [1.165, 1.54) is 19.9 Å². The summed E-state index contributed by atoms with van der Waals surface area (Å²) in [7, 11) is 0. The molecule has 0 aliphatic heterocycles. The van der Waals surface area contributed by atoms with E-state index < -0.39 is 35.0 Å². The topological polar surface area (TPSA) is 112 Å². The minimum absolute atomic E-state index is 0.0131. The van der Waals surface area contributed by atoms with E-state index in [1.54, 1.807) is 20.8 Å². The van der Waals surface area contributed by atoms with Crippen molar-refractivity contribution in [3.8, 4) is 0 Å². The summed E-state index contributed by atoms with van der Waals surface area (Å²) in [6.07, 6.45) is -0.454. The molecule has 9 nitrogen and oxygen atoms in total. The van der Waals surface area contributed by atoms with Crippen LogP contribution in [0, 0.1) is 13.8 Å². The van der Waals surface area contributed by atoms with Crippen molar-refractivity contribution >= 4 is 51.4 Å². The lowest BCUT2D eigenvalue weighted by Gasteiger charge is -2.10. The summed E-state index contributed by atoms with van der Waals surface area (Å²) in [4.78, 5) is 42.2. The molecular weight excluding hydrogens is 494 g/mol. The maximum absolute atomic E-state index is 13.8. The highest BCUT2D eigenvalue weighted by molar-refractivity contribution is 7.18. The van der Waals surface area contributed by atoms with Crippen LogP contribution in [-0.2, 0) is 14.9 Å². The molecule has 182 valence electrons. The number of amides is 1. The standard InChI is InChI=1S/C21H21ClF2N4O5S/c1-6-32-20(31)16-11(5)15(19(30)33-9(2)3)18(34-16)26-17(29)12-8-14-25-10(4)7-13(21(22,23)24)28(14)27-12/h7-9H,6H2,1-5H3,(H,26,29). The van der Waals surface area contributed by atoms with Crippen LogP contribution in [0.2, 0.25) is 0 Å². The normalized spacial score (nSPS) is 11.7. The van der Waals surface area contributed by atoms with Crippen LogP contribution in [0.5, 0.6) is 0 Å². The Balaban J connectivity index is 2.04. The molecule has 1 amide bonds. The van der Waals surface area contributed by atoms with Gasteiger partial charge < -0.3 is 14.8 Å². The van der Waals surface area contributed by atoms with Crippen molar-refractivity contribution in [2.24, 2.45) is 0 Å². The van der Waals surface area contributed by atoms with Crippen LogP contribution >= 0.6 is 22.9 Å². The second-order valence-electron chi connectivity index (χ2n) is 7.47. The number of hydrogen-bond acceptors (Lipinski definition) is 8. The first-order valence-corrected chi connectivity index (χ1v) is 11.3. The molecule has 0 aliphatic rings. The van der Waals surface area contributed by atoms with Crippen molar-refractivity contribution in [3.05, 3.63) is 45.2 Å². The number of halogens is 3. The molecule has 34 heavy (non-hydrogen) atoms. The highest BCUT2D eigenvalue weighted by atomic mass is 35.5. The Labute approximate surface area is 202 Å². The molecule has 3 heterocycles. The van der Waals surface area contributed by atoms with Crippen LogP contribution in [0.25, 0.3) is 5.65 Å². The second kappa shape index (κ2) is 9.63. The Kier molecular flexibility index (Phi) is 7.22. The van der Waals surface area contributed by atoms with Crippen molar-refractivity contribution in [3.63, 3.8) is 0 Å². The quantitative estimate of drug-likeness (QED) is 0.359. The van der Waals surface area contributed by atoms with Gasteiger partial charge in [0.25, 0.3) is 5.91 Å². The van der Waals surface area contributed by atoms with Crippen LogP contribution in [0.4, 0.5) is 13.8 Å². The first kappa shape index (κ1) is 25.5. The number of aromatic nitrogens is 3. The fourth-order valence-electron chi connectivity index (χ4n) is 3.09. The number of nitrogens with zero attached hydrogens (tertiary/aromatic N) is 3. The molecule has 3 aromatic heterocycles. The number of aryl methyl sites for hydroxylation is 1. The summed E-state index contributed by atoms with van der Waals surface area (Å²) in [6.45, 7) is 8.08. The number of ether oxygens (including phenoxy) is 2. The fraction of sp³-hybridized carbons (Fsp3) is 0.381. The minimum atomic E-state index is -3.75. The number of fused-ring (bicyclic) bond motifs is 1. The zero-order valence-corrected chi connectivity index (χ0v) is 20.4. The molecule has 0 aliphatic carbocycles. The summed E-state index contributed by atoms with van der Waals surface area (Å²) in [5.74, 6) is -2.22. The molecule has 3 rings (SSSR count). The number of carbonyl (C=O) groups is 3. The average molecular weight is 515 g/mol. The maximum Gasteiger partial charge on any atom is 0.364 e. The Bertz CT molecular complexity index is 1280. The van der Waals surface area contributed by atoms with Gasteiger partial charge in [-0.25, -0.2) is 19.1 Å². The predicted molar refractivity (Wildman–Crippen MR) is 121 cm³/mol. The summed E-state index contributed by atoms with van der Waals surface area (Å²) in [5, 5.41) is 2.70. The van der Waals surface area contributed by atoms with E-state index in [9.17, 15) is 23.2 Å². The number of carbonyl (C=O) groups excluding carboxylic acids is 3. The van der Waals surface area contributed by atoms with Crippen LogP contribution in [-0.4, -0.2) is 45.2 Å². The van der Waals surface area contributed by atoms with Gasteiger partial charge in [0, 0.05) is 11.8 Å². The number of hydrogen-bond donors (Lipinski definition) is 1. The highest BCUT2D eigenvalue weighted by Crippen LogP contribution is 2.35. The second-order valence-corrected chi connectivity index (χ2v) is 8.96. The number of alkyl halides is 3. The average Bonchev–Trinajstić information content (AvgIpc) is 3.27. The lowest BCUT2D eigenvalue weighted by atomic mass is 10.1. The molecule has 0 saturated carbocycles. The maximum atomic E-state index is 13.8. The Morgan fingerprint density at radius 1 is 1.24 bits per heavy atom. The first-order chi connectivity index (χ1) is 15.8. The lowest BCUT2D eigenvalue weighted by Crippen LogP contribution is -2.18. The van der Waals surface area contributed by atoms with E-state index in [1.807, 2.05) is 0 Å². The number of nitrogens with one attached hydrogen (secondary N) is 1. The molecule has 0 atom stereocenters. The molecule has 0 bridgehead atoms. The predicted octanol–water partition coefficient (Wildman–Crippen LogP) is 4.69. The van der Waals surface area contributed by atoms with Crippen molar-refractivity contribution in [1.29, 1.82) is 0 Å². The molecule has 0 fully saturated rings. The SMILES string of the molecule is CCOC(=O)c1sc(NC(=O)c2cc3nc(C)cc(C(F)(F)Cl)n3n2)c(C(=O)OC(C)C)c1C. The van der Waals surface area contributed by atoms with E-state index in [-0.39, 0.29) is 44.6 Å². The van der Waals surface area contributed by atoms with E-state index >= 15 is 0 Å². The van der Waals surface area contributed by atoms with Gasteiger partial charge in [0.2, 0.25) is 0 Å². The van der Waals surface area contributed by atoms with Gasteiger partial charge in [-0.2, -0.15) is 13.9 Å². The molecule has 13 heteroatoms. The third kappa shape index (κ3) is 5.17. The largest absolute Gasteiger partial charge is 0.462 e. The van der Waals surface area contributed by atoms with Crippen LogP contribution in [0.1, 0.15) is 68.2 Å². The number of anilines is 1. The van der Waals surface area contributed by atoms with Crippen LogP contribution < -0.4 is 5.32 Å². The lowest BCUT2D eigenvalue weighted by molar-refractivity contribution is 0.0379. The van der Waals surface area contributed by atoms with Crippen molar-refractivity contribution in [2.45, 2.75) is 46.1 Å². The number of rotatable bonds is 7. The number of esters is 2. The molecule has 1 N–H and O–H groups in total. The minimum Gasteiger partial charge on any atom is -0.462 e. The molecule has 3 aromatic rings. The fourth-order valence-corrected chi connectivity index (χ4v) is 4.31. The summed E-state index contributed by atoms with van der Waals surface area (Å²) < 4.78 is 38.7. The van der Waals surface area contributed by atoms with Crippen molar-refractivity contribution in [1.82, 2.24) is 14.6 Å². The van der Waals surface area contributed by atoms with Crippen molar-refractivity contribution < 1.29 is 32.6 Å². The van der Waals surface area contributed by atoms with Gasteiger partial charge in [-0.3, -0.25) is 4.79 Å². The van der Waals surface area contributed by atoms with Crippen LogP contribution in [0.3, 0.4) is 0 Å². The smallest absolute Gasteiger partial charge is 0.364 e. The highest BCUT2D eigenvalue weighted by Gasteiger charge is 2.33. The third-order valence-electron chi connectivity index (χ3n) is 4.46. The first-order valence-electron chi connectivity index (χ1n) is 10.1. The van der Waals surface area contributed by atoms with E-state index in [4.69, 9.17) is 21.1 Å². The van der Waals surface area contributed by atoms with E-state index in [2.05, 4.69) is 15.4 Å². The van der Waals surface area contributed by atoms with Gasteiger partial charge in [0.15, 0.2) is 11.3 Å². The van der Waals surface area contributed by atoms with Gasteiger partial charge in [-0.15, -0.1) is 11.3 Å². The third-order valence-corrected chi connectivity index (χ3v) is 5.84. The zero-order valence-electron chi connectivity index (χ0n) is 18.9. The molecule has 0 spiro atoms. The van der Waals surface area contributed by atoms with Gasteiger partial charge >= 0.3 is 17.3 Å². The van der Waals surface area contributed by atoms with Gasteiger partial charge in [0.1, 0.15) is 15.6 Å². The van der Waals surface area contributed by atoms with E-state index in [0.717, 1.165) is 21.9 Å². The van der Waals surface area contributed by atoms with E-state index in [0.29, 0.717) is 0 Å². The zero-order chi connectivity index (χ0) is 25.4. The Morgan fingerprint density at radius 3 is 2.50 bits per heavy atom. The summed E-state index contributed by atoms with van der Waals surface area (Å²) in [6, 6.07) is 2.26.